The highest BCUT2D eigenvalue weighted by molar-refractivity contribution is 5.92. The van der Waals surface area contributed by atoms with Gasteiger partial charge in [0.15, 0.2) is 0 Å². The number of hydrogen-bond acceptors (Lipinski definition) is 10. The van der Waals surface area contributed by atoms with Crippen LogP contribution in [0.25, 0.3) is 32.9 Å². The van der Waals surface area contributed by atoms with Gasteiger partial charge in [-0.25, -0.2) is 0 Å². The number of furan rings is 3. The highest BCUT2D eigenvalue weighted by Crippen LogP contribution is 2.31. The van der Waals surface area contributed by atoms with Crippen molar-refractivity contribution in [2.24, 2.45) is 15.0 Å². The molecule has 0 radical (unpaired) electrons. The highest BCUT2D eigenvalue weighted by Gasteiger charge is 2.14. The van der Waals surface area contributed by atoms with Gasteiger partial charge in [0, 0.05) is 60.8 Å². The van der Waals surface area contributed by atoms with E-state index < -0.39 is 0 Å². The predicted octanol–water partition coefficient (Wildman–Crippen LogP) is 5.94. The zero-order chi connectivity index (χ0) is 31.8. The minimum atomic E-state index is 0.782. The summed E-state index contributed by atoms with van der Waals surface area (Å²) in [4.78, 5) is 13.2. The van der Waals surface area contributed by atoms with Gasteiger partial charge < -0.3 is 33.9 Å². The molecule has 0 atom stereocenters. The van der Waals surface area contributed by atoms with Gasteiger partial charge in [-0.05, 0) is 35.9 Å². The second-order valence-electron chi connectivity index (χ2n) is 11.4. The second kappa shape index (κ2) is 14.3. The maximum atomic E-state index is 5.48. The van der Waals surface area contributed by atoms with Crippen molar-refractivity contribution in [2.75, 3.05) is 46.4 Å². The Bertz CT molecular complexity index is 2060. The number of ether oxygens (including phenoxy) is 1. The molecule has 0 saturated heterocycles. The van der Waals surface area contributed by atoms with Crippen LogP contribution in [0.15, 0.2) is 114 Å². The summed E-state index contributed by atoms with van der Waals surface area (Å²) in [5, 5.41) is 13.2. The third kappa shape index (κ3) is 7.01. The summed E-state index contributed by atoms with van der Waals surface area (Å²) in [5.74, 6) is 4.07. The molecule has 0 fully saturated rings. The first-order valence-corrected chi connectivity index (χ1v) is 16.0. The van der Waals surface area contributed by atoms with E-state index in [-0.39, 0.29) is 0 Å². The number of amidine groups is 3. The fourth-order valence-corrected chi connectivity index (χ4v) is 6.06. The molecular weight excluding hydrogens is 592 g/mol. The van der Waals surface area contributed by atoms with E-state index >= 15 is 0 Å². The number of nitrogens with one attached hydrogen (secondary N) is 3. The van der Waals surface area contributed by atoms with Crippen LogP contribution in [0.4, 0.5) is 0 Å². The van der Waals surface area contributed by atoms with Crippen molar-refractivity contribution in [3.63, 3.8) is 0 Å². The number of nitrogens with zero attached hydrogens (tertiary/aromatic N) is 3. The maximum absolute atomic E-state index is 5.48. The summed E-state index contributed by atoms with van der Waals surface area (Å²) >= 11 is 0. The predicted molar refractivity (Wildman–Crippen MR) is 187 cm³/mol. The third-order valence-electron chi connectivity index (χ3n) is 8.32. The van der Waals surface area contributed by atoms with Gasteiger partial charge in [0.25, 0.3) is 0 Å². The molecule has 10 heteroatoms. The first kappa shape index (κ1) is 30.2. The maximum Gasteiger partial charge on any atom is 0.137 e. The van der Waals surface area contributed by atoms with E-state index in [9.17, 15) is 0 Å². The highest BCUT2D eigenvalue weighted by atomic mass is 16.5. The van der Waals surface area contributed by atoms with Crippen molar-refractivity contribution >= 4 is 50.4 Å². The largest absolute Gasteiger partial charge is 0.496 e. The molecule has 3 aromatic heterocycles. The Kier molecular flexibility index (Phi) is 9.17. The normalized spacial score (nSPS) is 15.1. The van der Waals surface area contributed by atoms with Crippen LogP contribution in [0.3, 0.4) is 0 Å². The molecule has 0 saturated carbocycles. The summed E-state index contributed by atoms with van der Waals surface area (Å²) in [6.07, 6.45) is 7.74. The zero-order valence-electron chi connectivity index (χ0n) is 26.4. The quantitative estimate of drug-likeness (QED) is 0.200. The van der Waals surface area contributed by atoms with E-state index in [2.05, 4.69) is 43.1 Å². The minimum absolute atomic E-state index is 0.782. The molecule has 6 aromatic rings. The molecule has 3 aliphatic rings. The monoisotopic (exact) mass is 630 g/mol. The number of methoxy groups -OCH3 is 1. The topological polar surface area (TPSA) is 122 Å². The van der Waals surface area contributed by atoms with Crippen LogP contribution >= 0.6 is 0 Å². The SMILES string of the molecule is COc1c(CC2=NCCN2)ccc2occc12.c1cc(CC2=NCCN2)c2ccoc2c1.c1ccc2c(CC3=NCCN3)coc2c1. The fourth-order valence-electron chi connectivity index (χ4n) is 6.06. The molecule has 0 spiro atoms. The Hall–Kier alpha value is -5.51. The summed E-state index contributed by atoms with van der Waals surface area (Å²) in [6, 6.07) is 22.2. The molecule has 3 aliphatic heterocycles. The van der Waals surface area contributed by atoms with E-state index in [0.717, 1.165) is 109 Å². The molecule has 0 amide bonds. The van der Waals surface area contributed by atoms with E-state index in [1.54, 1.807) is 19.6 Å². The van der Waals surface area contributed by atoms with E-state index in [1.165, 1.54) is 21.9 Å². The van der Waals surface area contributed by atoms with Crippen molar-refractivity contribution in [2.45, 2.75) is 19.3 Å². The minimum Gasteiger partial charge on any atom is -0.496 e. The van der Waals surface area contributed by atoms with Gasteiger partial charge in [-0.3, -0.25) is 15.0 Å². The van der Waals surface area contributed by atoms with Crippen LogP contribution in [-0.2, 0) is 19.3 Å². The number of fused-ring (bicyclic) bond motifs is 3. The lowest BCUT2D eigenvalue weighted by Crippen LogP contribution is -2.20. The van der Waals surface area contributed by atoms with E-state index in [4.69, 9.17) is 18.0 Å². The average Bonchev–Trinajstić information content (AvgIpc) is 3.94. The summed E-state index contributed by atoms with van der Waals surface area (Å²) < 4.78 is 21.7. The van der Waals surface area contributed by atoms with Gasteiger partial charge in [-0.1, -0.05) is 36.4 Å². The van der Waals surface area contributed by atoms with Crippen molar-refractivity contribution in [1.29, 1.82) is 0 Å². The molecule has 3 aromatic carbocycles. The van der Waals surface area contributed by atoms with Crippen molar-refractivity contribution in [3.8, 4) is 5.75 Å². The lowest BCUT2D eigenvalue weighted by atomic mass is 10.1. The smallest absolute Gasteiger partial charge is 0.137 e. The van der Waals surface area contributed by atoms with Crippen LogP contribution in [0, 0.1) is 0 Å². The number of hydrogen-bond donors (Lipinski definition) is 3. The van der Waals surface area contributed by atoms with Crippen LogP contribution in [0.5, 0.6) is 5.75 Å². The van der Waals surface area contributed by atoms with Gasteiger partial charge in [-0.2, -0.15) is 0 Å². The first-order chi connectivity index (χ1) is 23.2. The van der Waals surface area contributed by atoms with E-state index in [0.29, 0.717) is 0 Å². The number of benzene rings is 3. The Morgan fingerprint density at radius 3 is 1.77 bits per heavy atom. The zero-order valence-corrected chi connectivity index (χ0v) is 26.4. The third-order valence-corrected chi connectivity index (χ3v) is 8.32. The molecule has 3 N–H and O–H groups in total. The molecular formula is C37H38N6O4. The molecule has 47 heavy (non-hydrogen) atoms. The van der Waals surface area contributed by atoms with Crippen LogP contribution in [-0.4, -0.2) is 63.9 Å². The summed E-state index contributed by atoms with van der Waals surface area (Å²) in [7, 11) is 1.69. The second-order valence-corrected chi connectivity index (χ2v) is 11.4. The Morgan fingerprint density at radius 2 is 1.11 bits per heavy atom. The Morgan fingerprint density at radius 1 is 0.553 bits per heavy atom. The van der Waals surface area contributed by atoms with Gasteiger partial charge in [0.2, 0.25) is 0 Å². The van der Waals surface area contributed by atoms with Gasteiger partial charge in [0.05, 0.1) is 50.9 Å². The average molecular weight is 631 g/mol. The summed E-state index contributed by atoms with van der Waals surface area (Å²) in [5.41, 5.74) is 6.37. The molecule has 0 aliphatic carbocycles. The van der Waals surface area contributed by atoms with Crippen LogP contribution in [0.1, 0.15) is 16.7 Å². The molecule has 240 valence electrons. The molecule has 0 unspecified atom stereocenters. The fraction of sp³-hybridized carbons (Fsp3) is 0.270. The van der Waals surface area contributed by atoms with Gasteiger partial charge in [-0.15, -0.1) is 0 Å². The lowest BCUT2D eigenvalue weighted by Gasteiger charge is -2.09. The van der Waals surface area contributed by atoms with Crippen LogP contribution < -0.4 is 20.7 Å². The lowest BCUT2D eigenvalue weighted by molar-refractivity contribution is 0.416. The van der Waals surface area contributed by atoms with Crippen molar-refractivity contribution < 1.29 is 18.0 Å². The number of para-hydroxylation sites is 1. The molecule has 0 bridgehead atoms. The Balaban J connectivity index is 0.000000112. The number of aliphatic imine (C=N–C) groups is 3. The molecule has 6 heterocycles. The number of rotatable bonds is 7. The van der Waals surface area contributed by atoms with E-state index in [1.807, 2.05) is 60.9 Å². The molecule has 10 nitrogen and oxygen atoms in total. The van der Waals surface area contributed by atoms with Gasteiger partial charge in [0.1, 0.15) is 40.0 Å². The van der Waals surface area contributed by atoms with Crippen molar-refractivity contribution in [1.82, 2.24) is 16.0 Å². The summed E-state index contributed by atoms with van der Waals surface area (Å²) in [6.45, 7) is 5.53. The standard InChI is InChI=1S/C13H14N2O2.2C12H12N2O/c1-16-13-9(8-12-14-5-6-15-12)2-3-11-10(13)4-7-17-11;1-2-9(8-12-13-5-6-14-12)10-4-7-15-11(10)3-1;1-2-4-11-10(3-1)9(8-15-11)7-12-13-5-6-14-12/h2-4,7H,5-6,8H2,1H3,(H,14,15);1-4,7H,5-6,8H2,(H,13,14);1-4,8H,5-7H2,(H,13,14). The first-order valence-electron chi connectivity index (χ1n) is 16.0. The van der Waals surface area contributed by atoms with Gasteiger partial charge >= 0.3 is 0 Å². The van der Waals surface area contributed by atoms with Crippen LogP contribution in [0.2, 0.25) is 0 Å². The van der Waals surface area contributed by atoms with Crippen molar-refractivity contribution in [3.05, 3.63) is 102 Å². The molecule has 9 rings (SSSR count). The Labute approximate surface area is 272 Å².